The Morgan fingerprint density at radius 2 is 2.14 bits per heavy atom. The summed E-state index contributed by atoms with van der Waals surface area (Å²) in [5.41, 5.74) is 4.20. The van der Waals surface area contributed by atoms with Crippen LogP contribution in [0.15, 0.2) is 39.9 Å². The molecule has 2 rings (SSSR count). The molecule has 0 aromatic heterocycles. The maximum atomic E-state index is 12.0. The highest BCUT2D eigenvalue weighted by Gasteiger charge is 2.10. The zero-order valence-electron chi connectivity index (χ0n) is 11.4. The number of phenols is 1. The molecule has 4 nitrogen and oxygen atoms in total. The molecule has 2 aromatic carbocycles. The largest absolute Gasteiger partial charge is 0.506 e. The number of hydrogen-bond acceptors (Lipinski definition) is 3. The standard InChI is InChI=1S/C15H11BrClIN2O2/c1-8-2-3-11(12(17)4-8)15(22)20-19-7-9-5-10(16)6-13(18)14(9)21/h2-7,21H,1H3,(H,20,22)/b19-7+. The Morgan fingerprint density at radius 1 is 1.41 bits per heavy atom. The minimum Gasteiger partial charge on any atom is -0.506 e. The molecule has 0 spiro atoms. The van der Waals surface area contributed by atoms with Crippen molar-refractivity contribution < 1.29 is 9.90 Å². The first-order valence-electron chi connectivity index (χ1n) is 6.16. The van der Waals surface area contributed by atoms with Crippen LogP contribution in [-0.2, 0) is 0 Å². The minimum absolute atomic E-state index is 0.107. The number of hydrogen-bond donors (Lipinski definition) is 2. The van der Waals surface area contributed by atoms with E-state index in [2.05, 4.69) is 26.5 Å². The summed E-state index contributed by atoms with van der Waals surface area (Å²) in [5, 5.41) is 14.2. The predicted molar refractivity (Wildman–Crippen MR) is 99.8 cm³/mol. The number of carbonyl (C=O) groups is 1. The molecule has 2 aromatic rings. The molecular formula is C15H11BrClIN2O2. The van der Waals surface area contributed by atoms with Gasteiger partial charge in [0.05, 0.1) is 20.4 Å². The van der Waals surface area contributed by atoms with Crippen LogP contribution in [0.2, 0.25) is 5.02 Å². The number of nitrogens with zero attached hydrogens (tertiary/aromatic N) is 1. The Balaban J connectivity index is 2.14. The zero-order valence-corrected chi connectivity index (χ0v) is 15.9. The van der Waals surface area contributed by atoms with Crippen LogP contribution < -0.4 is 5.43 Å². The molecule has 22 heavy (non-hydrogen) atoms. The van der Waals surface area contributed by atoms with Crippen molar-refractivity contribution >= 4 is 62.2 Å². The maximum absolute atomic E-state index is 12.0. The van der Waals surface area contributed by atoms with Gasteiger partial charge in [0.15, 0.2) is 0 Å². The third kappa shape index (κ3) is 4.21. The van der Waals surface area contributed by atoms with E-state index in [1.165, 1.54) is 6.21 Å². The van der Waals surface area contributed by atoms with Crippen molar-refractivity contribution in [1.29, 1.82) is 0 Å². The fraction of sp³-hybridized carbons (Fsp3) is 0.0667. The lowest BCUT2D eigenvalue weighted by Gasteiger charge is -2.05. The van der Waals surface area contributed by atoms with Gasteiger partial charge in [-0.2, -0.15) is 5.10 Å². The Hall–Kier alpha value is -1.12. The monoisotopic (exact) mass is 492 g/mol. The summed E-state index contributed by atoms with van der Waals surface area (Å²) in [5.74, 6) is -0.305. The third-order valence-corrected chi connectivity index (χ3v) is 4.39. The zero-order chi connectivity index (χ0) is 16.3. The molecule has 7 heteroatoms. The number of phenolic OH excluding ortho intramolecular Hbond substituents is 1. The quantitative estimate of drug-likeness (QED) is 0.376. The Bertz CT molecular complexity index is 765. The Kier molecular flexibility index (Phi) is 5.82. The van der Waals surface area contributed by atoms with Crippen molar-refractivity contribution in [2.24, 2.45) is 5.10 Å². The van der Waals surface area contributed by atoms with E-state index in [9.17, 15) is 9.90 Å². The van der Waals surface area contributed by atoms with E-state index >= 15 is 0 Å². The van der Waals surface area contributed by atoms with E-state index in [0.29, 0.717) is 19.7 Å². The maximum Gasteiger partial charge on any atom is 0.272 e. The molecule has 0 fully saturated rings. The van der Waals surface area contributed by atoms with Crippen LogP contribution in [0.3, 0.4) is 0 Å². The van der Waals surface area contributed by atoms with E-state index in [4.69, 9.17) is 11.6 Å². The summed E-state index contributed by atoms with van der Waals surface area (Å²) in [7, 11) is 0. The van der Waals surface area contributed by atoms with Crippen LogP contribution in [0.25, 0.3) is 0 Å². The first-order chi connectivity index (χ1) is 10.4. The summed E-state index contributed by atoms with van der Waals surface area (Å²) in [4.78, 5) is 12.0. The van der Waals surface area contributed by atoms with Gasteiger partial charge in [-0.25, -0.2) is 5.43 Å². The summed E-state index contributed by atoms with van der Waals surface area (Å²) in [6.07, 6.45) is 1.38. The van der Waals surface area contributed by atoms with Crippen LogP contribution in [0, 0.1) is 10.5 Å². The summed E-state index contributed by atoms with van der Waals surface area (Å²) in [6.45, 7) is 1.89. The number of hydrazone groups is 1. The van der Waals surface area contributed by atoms with Crippen molar-refractivity contribution in [2.45, 2.75) is 6.92 Å². The van der Waals surface area contributed by atoms with E-state index in [0.717, 1.165) is 10.0 Å². The van der Waals surface area contributed by atoms with Gasteiger partial charge in [-0.05, 0) is 59.3 Å². The lowest BCUT2D eigenvalue weighted by Crippen LogP contribution is -2.18. The third-order valence-electron chi connectivity index (χ3n) is 2.80. The predicted octanol–water partition coefficient (Wildman–Crippen LogP) is 4.49. The fourth-order valence-corrected chi connectivity index (χ4v) is 3.58. The van der Waals surface area contributed by atoms with Crippen LogP contribution in [0.5, 0.6) is 5.75 Å². The minimum atomic E-state index is -0.412. The lowest BCUT2D eigenvalue weighted by atomic mass is 10.1. The van der Waals surface area contributed by atoms with Crippen LogP contribution >= 0.6 is 50.1 Å². The number of halogens is 3. The Morgan fingerprint density at radius 3 is 2.82 bits per heavy atom. The van der Waals surface area contributed by atoms with Gasteiger partial charge in [-0.3, -0.25) is 4.79 Å². The molecule has 0 radical (unpaired) electrons. The number of aromatic hydroxyl groups is 1. The average Bonchev–Trinajstić information content (AvgIpc) is 2.43. The van der Waals surface area contributed by atoms with E-state index in [1.807, 2.05) is 29.5 Å². The molecule has 0 saturated carbocycles. The van der Waals surface area contributed by atoms with Gasteiger partial charge in [0.25, 0.3) is 5.91 Å². The average molecular weight is 494 g/mol. The fourth-order valence-electron chi connectivity index (χ4n) is 1.71. The summed E-state index contributed by atoms with van der Waals surface area (Å²) < 4.78 is 1.49. The van der Waals surface area contributed by atoms with Gasteiger partial charge in [-0.15, -0.1) is 0 Å². The smallest absolute Gasteiger partial charge is 0.272 e. The first kappa shape index (κ1) is 17.2. The van der Waals surface area contributed by atoms with Gasteiger partial charge >= 0.3 is 0 Å². The molecule has 0 heterocycles. The van der Waals surface area contributed by atoms with Crippen molar-refractivity contribution in [3.05, 3.63) is 60.1 Å². The van der Waals surface area contributed by atoms with E-state index in [-0.39, 0.29) is 5.75 Å². The summed E-state index contributed by atoms with van der Waals surface area (Å²) in [6, 6.07) is 8.63. The van der Waals surface area contributed by atoms with Gasteiger partial charge in [-0.1, -0.05) is 33.6 Å². The molecule has 0 atom stereocenters. The topological polar surface area (TPSA) is 61.7 Å². The van der Waals surface area contributed by atoms with Crippen molar-refractivity contribution in [3.8, 4) is 5.75 Å². The highest BCUT2D eigenvalue weighted by atomic mass is 127. The molecule has 0 aliphatic rings. The van der Waals surface area contributed by atoms with Crippen LogP contribution in [-0.4, -0.2) is 17.2 Å². The first-order valence-corrected chi connectivity index (χ1v) is 8.41. The normalized spacial score (nSPS) is 10.9. The number of amides is 1. The molecule has 1 amide bonds. The lowest BCUT2D eigenvalue weighted by molar-refractivity contribution is 0.0955. The van der Waals surface area contributed by atoms with Gasteiger partial charge in [0.2, 0.25) is 0 Å². The second-order valence-electron chi connectivity index (χ2n) is 4.51. The molecular weight excluding hydrogens is 482 g/mol. The second-order valence-corrected chi connectivity index (χ2v) is 6.99. The molecule has 114 valence electrons. The van der Waals surface area contributed by atoms with Crippen molar-refractivity contribution in [3.63, 3.8) is 0 Å². The van der Waals surface area contributed by atoms with Gasteiger partial charge < -0.3 is 5.11 Å². The van der Waals surface area contributed by atoms with Gasteiger partial charge in [0.1, 0.15) is 5.75 Å². The molecule has 0 saturated heterocycles. The molecule has 0 unspecified atom stereocenters. The summed E-state index contributed by atoms with van der Waals surface area (Å²) >= 11 is 11.4. The Labute approximate surface area is 154 Å². The second kappa shape index (κ2) is 7.43. The highest BCUT2D eigenvalue weighted by Crippen LogP contribution is 2.27. The number of benzene rings is 2. The molecule has 2 N–H and O–H groups in total. The SMILES string of the molecule is Cc1ccc(C(=O)N/N=C/c2cc(Br)cc(I)c2O)c(Cl)c1. The molecule has 0 aliphatic heterocycles. The molecule has 0 aliphatic carbocycles. The van der Waals surface area contributed by atoms with Crippen molar-refractivity contribution in [2.75, 3.05) is 0 Å². The highest BCUT2D eigenvalue weighted by molar-refractivity contribution is 14.1. The van der Waals surface area contributed by atoms with Crippen LogP contribution in [0.1, 0.15) is 21.5 Å². The molecule has 0 bridgehead atoms. The van der Waals surface area contributed by atoms with Crippen LogP contribution in [0.4, 0.5) is 0 Å². The number of carbonyl (C=O) groups excluding carboxylic acids is 1. The number of rotatable bonds is 3. The van der Waals surface area contributed by atoms with E-state index < -0.39 is 5.91 Å². The number of nitrogens with one attached hydrogen (secondary N) is 1. The van der Waals surface area contributed by atoms with Gasteiger partial charge in [0, 0.05) is 10.0 Å². The van der Waals surface area contributed by atoms with E-state index in [1.54, 1.807) is 30.3 Å². The number of aryl methyl sites for hydroxylation is 1. The van der Waals surface area contributed by atoms with Crippen molar-refractivity contribution in [1.82, 2.24) is 5.43 Å².